The average Bonchev–Trinajstić information content (AvgIpc) is 2.91. The second kappa shape index (κ2) is 6.04. The largest absolute Gasteiger partial charge is 0.303 e. The molecule has 0 bridgehead atoms. The van der Waals surface area contributed by atoms with Crippen LogP contribution in [0.4, 0.5) is 0 Å². The first kappa shape index (κ1) is 13.8. The van der Waals surface area contributed by atoms with Crippen LogP contribution in [0.5, 0.6) is 0 Å². The Kier molecular flexibility index (Phi) is 4.64. The number of nitriles is 1. The fraction of sp³-hybridized carbons (Fsp3) is 0.933. The molecule has 0 radical (unpaired) electrons. The van der Waals surface area contributed by atoms with Crippen molar-refractivity contribution in [2.75, 3.05) is 20.6 Å². The van der Waals surface area contributed by atoms with E-state index in [-0.39, 0.29) is 5.54 Å². The van der Waals surface area contributed by atoms with Crippen LogP contribution in [0.2, 0.25) is 0 Å². The van der Waals surface area contributed by atoms with Gasteiger partial charge >= 0.3 is 0 Å². The summed E-state index contributed by atoms with van der Waals surface area (Å²) >= 11 is 0. The predicted octanol–water partition coefficient (Wildman–Crippen LogP) is 2.53. The minimum absolute atomic E-state index is 0.271. The smallest absolute Gasteiger partial charge is 0.108 e. The SMILES string of the molecule is CNC1(C#N)CCCC(N(C)CC2CCCC2)C1. The van der Waals surface area contributed by atoms with Crippen molar-refractivity contribution in [2.24, 2.45) is 5.92 Å². The van der Waals surface area contributed by atoms with E-state index in [4.69, 9.17) is 0 Å². The summed E-state index contributed by atoms with van der Waals surface area (Å²) in [6, 6.07) is 3.10. The highest BCUT2D eigenvalue weighted by atomic mass is 15.1. The maximum atomic E-state index is 9.39. The van der Waals surface area contributed by atoms with Gasteiger partial charge in [-0.15, -0.1) is 0 Å². The first-order chi connectivity index (χ1) is 8.69. The summed E-state index contributed by atoms with van der Waals surface area (Å²) in [5, 5.41) is 12.7. The lowest BCUT2D eigenvalue weighted by molar-refractivity contribution is 0.132. The molecule has 0 aromatic heterocycles. The zero-order valence-electron chi connectivity index (χ0n) is 11.9. The van der Waals surface area contributed by atoms with Gasteiger partial charge in [-0.1, -0.05) is 12.8 Å². The van der Waals surface area contributed by atoms with Crippen molar-refractivity contribution in [1.82, 2.24) is 10.2 Å². The zero-order valence-corrected chi connectivity index (χ0v) is 11.9. The molecule has 2 atom stereocenters. The van der Waals surface area contributed by atoms with E-state index < -0.39 is 0 Å². The van der Waals surface area contributed by atoms with Crippen molar-refractivity contribution in [3.8, 4) is 6.07 Å². The Labute approximate surface area is 112 Å². The summed E-state index contributed by atoms with van der Waals surface area (Å²) in [5.74, 6) is 0.906. The minimum Gasteiger partial charge on any atom is -0.303 e. The standard InChI is InChI=1S/C15H27N3/c1-17-15(12-16)9-5-8-14(10-15)18(2)11-13-6-3-4-7-13/h13-14,17H,3-11H2,1-2H3. The first-order valence-corrected chi connectivity index (χ1v) is 7.49. The molecule has 0 aromatic carbocycles. The van der Waals surface area contributed by atoms with Crippen LogP contribution in [-0.4, -0.2) is 37.1 Å². The maximum absolute atomic E-state index is 9.39. The van der Waals surface area contributed by atoms with Crippen LogP contribution in [0.15, 0.2) is 0 Å². The van der Waals surface area contributed by atoms with E-state index in [1.54, 1.807) is 0 Å². The van der Waals surface area contributed by atoms with Crippen LogP contribution >= 0.6 is 0 Å². The third-order valence-corrected chi connectivity index (χ3v) is 5.06. The summed E-state index contributed by atoms with van der Waals surface area (Å²) in [7, 11) is 4.19. The highest BCUT2D eigenvalue weighted by molar-refractivity contribution is 5.10. The van der Waals surface area contributed by atoms with Crippen molar-refractivity contribution in [3.63, 3.8) is 0 Å². The molecule has 2 saturated carbocycles. The van der Waals surface area contributed by atoms with Crippen LogP contribution in [-0.2, 0) is 0 Å². The molecule has 3 nitrogen and oxygen atoms in total. The fourth-order valence-electron chi connectivity index (χ4n) is 3.76. The van der Waals surface area contributed by atoms with E-state index in [2.05, 4.69) is 23.3 Å². The molecule has 2 rings (SSSR count). The van der Waals surface area contributed by atoms with E-state index in [0.29, 0.717) is 6.04 Å². The molecule has 102 valence electrons. The van der Waals surface area contributed by atoms with E-state index in [9.17, 15) is 5.26 Å². The zero-order chi connectivity index (χ0) is 13.0. The van der Waals surface area contributed by atoms with E-state index in [0.717, 1.165) is 18.8 Å². The first-order valence-electron chi connectivity index (χ1n) is 7.49. The van der Waals surface area contributed by atoms with Gasteiger partial charge in [0.15, 0.2) is 0 Å². The van der Waals surface area contributed by atoms with Crippen molar-refractivity contribution >= 4 is 0 Å². The lowest BCUT2D eigenvalue weighted by Crippen LogP contribution is -2.51. The van der Waals surface area contributed by atoms with Gasteiger partial charge in [0, 0.05) is 12.6 Å². The van der Waals surface area contributed by atoms with E-state index in [1.165, 1.54) is 45.1 Å². The number of hydrogen-bond donors (Lipinski definition) is 1. The molecule has 0 spiro atoms. The molecule has 0 saturated heterocycles. The van der Waals surface area contributed by atoms with Gasteiger partial charge in [-0.2, -0.15) is 5.26 Å². The van der Waals surface area contributed by atoms with Gasteiger partial charge in [-0.25, -0.2) is 0 Å². The molecule has 2 aliphatic rings. The van der Waals surface area contributed by atoms with Crippen LogP contribution in [0.3, 0.4) is 0 Å². The van der Waals surface area contributed by atoms with E-state index in [1.807, 2.05) is 7.05 Å². The highest BCUT2D eigenvalue weighted by Gasteiger charge is 2.37. The quantitative estimate of drug-likeness (QED) is 0.832. The Bertz CT molecular complexity index is 303. The lowest BCUT2D eigenvalue weighted by Gasteiger charge is -2.40. The minimum atomic E-state index is -0.271. The molecule has 2 fully saturated rings. The Morgan fingerprint density at radius 1 is 1.28 bits per heavy atom. The summed E-state index contributed by atoms with van der Waals surface area (Å²) in [6.07, 6.45) is 10.1. The third-order valence-electron chi connectivity index (χ3n) is 5.06. The molecule has 18 heavy (non-hydrogen) atoms. The maximum Gasteiger partial charge on any atom is 0.108 e. The molecule has 2 aliphatic carbocycles. The highest BCUT2D eigenvalue weighted by Crippen LogP contribution is 2.32. The molecule has 0 amide bonds. The number of rotatable bonds is 4. The number of nitrogens with one attached hydrogen (secondary N) is 1. The molecule has 3 heteroatoms. The fourth-order valence-corrected chi connectivity index (χ4v) is 3.76. The Morgan fingerprint density at radius 2 is 2.00 bits per heavy atom. The van der Waals surface area contributed by atoms with Gasteiger partial charge in [0.2, 0.25) is 0 Å². The molecule has 0 heterocycles. The van der Waals surface area contributed by atoms with Gasteiger partial charge in [0.05, 0.1) is 6.07 Å². The van der Waals surface area contributed by atoms with Gasteiger partial charge in [-0.05, 0) is 58.5 Å². The van der Waals surface area contributed by atoms with Crippen molar-refractivity contribution in [3.05, 3.63) is 0 Å². The van der Waals surface area contributed by atoms with Crippen LogP contribution in [0.1, 0.15) is 51.4 Å². The summed E-state index contributed by atoms with van der Waals surface area (Å²) in [4.78, 5) is 2.53. The number of hydrogen-bond acceptors (Lipinski definition) is 3. The summed E-state index contributed by atoms with van der Waals surface area (Å²) in [5.41, 5.74) is -0.271. The summed E-state index contributed by atoms with van der Waals surface area (Å²) in [6.45, 7) is 1.23. The van der Waals surface area contributed by atoms with Gasteiger partial charge in [0.25, 0.3) is 0 Å². The average molecular weight is 249 g/mol. The van der Waals surface area contributed by atoms with Crippen LogP contribution in [0, 0.1) is 17.2 Å². The van der Waals surface area contributed by atoms with E-state index >= 15 is 0 Å². The predicted molar refractivity (Wildman–Crippen MR) is 74.2 cm³/mol. The molecule has 0 aromatic rings. The van der Waals surface area contributed by atoms with Gasteiger partial charge in [-0.3, -0.25) is 0 Å². The van der Waals surface area contributed by atoms with Crippen molar-refractivity contribution in [2.45, 2.75) is 62.9 Å². The second-order valence-electron chi connectivity index (χ2n) is 6.28. The third kappa shape index (κ3) is 3.05. The van der Waals surface area contributed by atoms with Gasteiger partial charge < -0.3 is 10.2 Å². The lowest BCUT2D eigenvalue weighted by atomic mass is 9.79. The normalized spacial score (nSPS) is 33.8. The monoisotopic (exact) mass is 249 g/mol. The molecular formula is C15H27N3. The number of nitrogens with zero attached hydrogens (tertiary/aromatic N) is 2. The van der Waals surface area contributed by atoms with Crippen LogP contribution in [0.25, 0.3) is 0 Å². The molecule has 0 aliphatic heterocycles. The second-order valence-corrected chi connectivity index (χ2v) is 6.28. The Balaban J connectivity index is 1.89. The summed E-state index contributed by atoms with van der Waals surface area (Å²) < 4.78 is 0. The van der Waals surface area contributed by atoms with Gasteiger partial charge in [0.1, 0.15) is 5.54 Å². The Hall–Kier alpha value is -0.590. The molecular weight excluding hydrogens is 222 g/mol. The van der Waals surface area contributed by atoms with Crippen molar-refractivity contribution in [1.29, 1.82) is 5.26 Å². The van der Waals surface area contributed by atoms with Crippen molar-refractivity contribution < 1.29 is 0 Å². The molecule has 2 unspecified atom stereocenters. The Morgan fingerprint density at radius 3 is 2.61 bits per heavy atom. The molecule has 1 N–H and O–H groups in total. The topological polar surface area (TPSA) is 39.1 Å². The van der Waals surface area contributed by atoms with Crippen LogP contribution < -0.4 is 5.32 Å².